The van der Waals surface area contributed by atoms with Crippen molar-refractivity contribution in [2.75, 3.05) is 30.4 Å². The number of carbonyl (C=O) groups is 1. The minimum absolute atomic E-state index is 0.187. The smallest absolute Gasteiger partial charge is 0.350 e. The van der Waals surface area contributed by atoms with Gasteiger partial charge < -0.3 is 15.0 Å². The molecule has 1 fully saturated rings. The van der Waals surface area contributed by atoms with E-state index in [1.165, 1.54) is 15.5 Å². The van der Waals surface area contributed by atoms with E-state index in [4.69, 9.17) is 4.74 Å². The van der Waals surface area contributed by atoms with E-state index in [-0.39, 0.29) is 18.1 Å². The summed E-state index contributed by atoms with van der Waals surface area (Å²) in [6.45, 7) is 3.78. The molecule has 1 aliphatic rings. The lowest BCUT2D eigenvalue weighted by molar-refractivity contribution is -0.117. The number of amides is 1. The van der Waals surface area contributed by atoms with Gasteiger partial charge in [0.2, 0.25) is 11.6 Å². The maximum absolute atomic E-state index is 12.7. The first-order valence-electron chi connectivity index (χ1n) is 9.68. The zero-order chi connectivity index (χ0) is 20.4. The molecule has 3 aromatic rings. The summed E-state index contributed by atoms with van der Waals surface area (Å²) in [5, 5.41) is 7.17. The molecule has 1 amide bonds. The van der Waals surface area contributed by atoms with Crippen molar-refractivity contribution in [3.63, 3.8) is 0 Å². The van der Waals surface area contributed by atoms with E-state index in [0.29, 0.717) is 28.8 Å². The highest BCUT2D eigenvalue weighted by molar-refractivity contribution is 5.90. The molecule has 3 heterocycles. The van der Waals surface area contributed by atoms with Crippen molar-refractivity contribution in [2.45, 2.75) is 26.3 Å². The summed E-state index contributed by atoms with van der Waals surface area (Å²) in [7, 11) is 1.56. The molecule has 29 heavy (non-hydrogen) atoms. The van der Waals surface area contributed by atoms with Crippen LogP contribution in [0.15, 0.2) is 41.5 Å². The molecule has 0 radical (unpaired) electrons. The number of ether oxygens (including phenoxy) is 1. The van der Waals surface area contributed by atoms with Gasteiger partial charge in [0.1, 0.15) is 12.3 Å². The van der Waals surface area contributed by atoms with Gasteiger partial charge in [-0.2, -0.15) is 0 Å². The van der Waals surface area contributed by atoms with Crippen LogP contribution in [0.3, 0.4) is 0 Å². The summed E-state index contributed by atoms with van der Waals surface area (Å²) in [6, 6.07) is 7.04. The standard InChI is InChI=1S/C20H24N6O3/c1-14-5-4-9-24(12-14)18-19-23-26(20(28)25(19)10-8-21-18)13-17(27)22-15-6-3-7-16(11-15)29-2/h3,6-8,10-11,14H,4-5,9,12-13H2,1-2H3,(H,22,27). The van der Waals surface area contributed by atoms with Crippen LogP contribution < -0.4 is 20.6 Å². The Labute approximate surface area is 167 Å². The molecule has 152 valence electrons. The Hall–Kier alpha value is -3.36. The van der Waals surface area contributed by atoms with Crippen molar-refractivity contribution >= 4 is 23.1 Å². The van der Waals surface area contributed by atoms with Crippen LogP contribution in [0, 0.1) is 5.92 Å². The number of rotatable bonds is 5. The van der Waals surface area contributed by atoms with Gasteiger partial charge in [0.25, 0.3) is 0 Å². The van der Waals surface area contributed by atoms with Gasteiger partial charge in [-0.3, -0.25) is 4.79 Å². The molecule has 1 atom stereocenters. The number of methoxy groups -OCH3 is 1. The van der Waals surface area contributed by atoms with Crippen LogP contribution in [-0.4, -0.2) is 45.3 Å². The second kappa shape index (κ2) is 7.94. The van der Waals surface area contributed by atoms with Crippen molar-refractivity contribution < 1.29 is 9.53 Å². The Morgan fingerprint density at radius 2 is 2.24 bits per heavy atom. The first kappa shape index (κ1) is 19.0. The van der Waals surface area contributed by atoms with Crippen molar-refractivity contribution in [3.8, 4) is 5.75 Å². The van der Waals surface area contributed by atoms with Crippen LogP contribution in [0.1, 0.15) is 19.8 Å². The van der Waals surface area contributed by atoms with Crippen LogP contribution in [0.4, 0.5) is 11.5 Å². The van der Waals surface area contributed by atoms with E-state index in [1.54, 1.807) is 43.8 Å². The fourth-order valence-corrected chi connectivity index (χ4v) is 3.68. The molecule has 1 saturated heterocycles. The summed E-state index contributed by atoms with van der Waals surface area (Å²) in [4.78, 5) is 31.8. The highest BCUT2D eigenvalue weighted by Crippen LogP contribution is 2.23. The molecule has 0 spiro atoms. The SMILES string of the molecule is COc1cccc(NC(=O)Cn2nc3c(N4CCCC(C)C4)nccn3c2=O)c1. The topological polar surface area (TPSA) is 93.8 Å². The molecule has 0 saturated carbocycles. The fourth-order valence-electron chi connectivity index (χ4n) is 3.68. The molecule has 0 aliphatic carbocycles. The van der Waals surface area contributed by atoms with Gasteiger partial charge >= 0.3 is 5.69 Å². The summed E-state index contributed by atoms with van der Waals surface area (Å²) < 4.78 is 7.77. The number of hydrogen-bond acceptors (Lipinski definition) is 6. The number of hydrogen-bond donors (Lipinski definition) is 1. The van der Waals surface area contributed by atoms with E-state index in [2.05, 4.69) is 27.2 Å². The highest BCUT2D eigenvalue weighted by atomic mass is 16.5. The third-order valence-electron chi connectivity index (χ3n) is 5.09. The Kier molecular flexibility index (Phi) is 5.20. The number of fused-ring (bicyclic) bond motifs is 1. The number of carbonyl (C=O) groups excluding carboxylic acids is 1. The third kappa shape index (κ3) is 3.94. The predicted octanol–water partition coefficient (Wildman–Crippen LogP) is 1.77. The quantitative estimate of drug-likeness (QED) is 0.707. The monoisotopic (exact) mass is 396 g/mol. The number of aromatic nitrogens is 4. The molecule has 0 bridgehead atoms. The van der Waals surface area contributed by atoms with Gasteiger partial charge in [0.15, 0.2) is 5.82 Å². The van der Waals surface area contributed by atoms with E-state index in [1.807, 2.05) is 0 Å². The minimum atomic E-state index is -0.366. The Balaban J connectivity index is 1.58. The fraction of sp³-hybridized carbons (Fsp3) is 0.400. The van der Waals surface area contributed by atoms with Gasteiger partial charge in [0, 0.05) is 37.2 Å². The van der Waals surface area contributed by atoms with Crippen LogP contribution in [0.2, 0.25) is 0 Å². The molecule has 9 heteroatoms. The van der Waals surface area contributed by atoms with Gasteiger partial charge in [-0.05, 0) is 30.9 Å². The van der Waals surface area contributed by atoms with E-state index < -0.39 is 0 Å². The molecule has 1 N–H and O–H groups in total. The average Bonchev–Trinajstić information content (AvgIpc) is 3.03. The zero-order valence-electron chi connectivity index (χ0n) is 16.5. The molecular formula is C20H24N6O3. The van der Waals surface area contributed by atoms with Crippen LogP contribution in [0.25, 0.3) is 5.65 Å². The summed E-state index contributed by atoms with van der Waals surface area (Å²) in [5.74, 6) is 1.54. The van der Waals surface area contributed by atoms with E-state index >= 15 is 0 Å². The highest BCUT2D eigenvalue weighted by Gasteiger charge is 2.22. The number of benzene rings is 1. The largest absolute Gasteiger partial charge is 0.497 e. The second-order valence-electron chi connectivity index (χ2n) is 7.36. The maximum Gasteiger partial charge on any atom is 0.350 e. The Morgan fingerprint density at radius 1 is 1.38 bits per heavy atom. The normalized spacial score (nSPS) is 16.8. The van der Waals surface area contributed by atoms with Crippen molar-refractivity contribution in [1.82, 2.24) is 19.2 Å². The number of anilines is 2. The van der Waals surface area contributed by atoms with Gasteiger partial charge in [-0.1, -0.05) is 13.0 Å². The van der Waals surface area contributed by atoms with Crippen LogP contribution in [0.5, 0.6) is 5.75 Å². The molecule has 9 nitrogen and oxygen atoms in total. The van der Waals surface area contributed by atoms with Crippen LogP contribution in [-0.2, 0) is 11.3 Å². The zero-order valence-corrected chi connectivity index (χ0v) is 16.5. The van der Waals surface area contributed by atoms with Crippen molar-refractivity contribution in [1.29, 1.82) is 0 Å². The number of nitrogens with one attached hydrogen (secondary N) is 1. The average molecular weight is 396 g/mol. The van der Waals surface area contributed by atoms with Gasteiger partial charge in [0.05, 0.1) is 7.11 Å². The Morgan fingerprint density at radius 3 is 3.03 bits per heavy atom. The number of piperidine rings is 1. The molecule has 2 aromatic heterocycles. The van der Waals surface area contributed by atoms with Crippen LogP contribution >= 0.6 is 0 Å². The summed E-state index contributed by atoms with van der Waals surface area (Å²) in [5.41, 5.74) is 0.700. The summed E-state index contributed by atoms with van der Waals surface area (Å²) >= 11 is 0. The predicted molar refractivity (Wildman–Crippen MR) is 109 cm³/mol. The Bertz CT molecular complexity index is 1090. The van der Waals surface area contributed by atoms with E-state index in [0.717, 1.165) is 19.5 Å². The molecule has 1 aromatic carbocycles. The third-order valence-corrected chi connectivity index (χ3v) is 5.09. The maximum atomic E-state index is 12.7. The first-order chi connectivity index (χ1) is 14.0. The van der Waals surface area contributed by atoms with Gasteiger partial charge in [-0.25, -0.2) is 18.9 Å². The lowest BCUT2D eigenvalue weighted by atomic mass is 10.0. The van der Waals surface area contributed by atoms with Crippen molar-refractivity contribution in [3.05, 3.63) is 47.1 Å². The summed E-state index contributed by atoms with van der Waals surface area (Å²) in [6.07, 6.45) is 5.45. The molecule has 4 rings (SSSR count). The lowest BCUT2D eigenvalue weighted by Gasteiger charge is -2.31. The second-order valence-corrected chi connectivity index (χ2v) is 7.36. The lowest BCUT2D eigenvalue weighted by Crippen LogP contribution is -2.35. The number of nitrogens with zero attached hydrogens (tertiary/aromatic N) is 5. The molecule has 1 aliphatic heterocycles. The van der Waals surface area contributed by atoms with E-state index in [9.17, 15) is 9.59 Å². The molecule has 1 unspecified atom stereocenters. The first-order valence-corrected chi connectivity index (χ1v) is 9.68. The minimum Gasteiger partial charge on any atom is -0.497 e. The van der Waals surface area contributed by atoms with Crippen molar-refractivity contribution in [2.24, 2.45) is 5.92 Å². The van der Waals surface area contributed by atoms with Gasteiger partial charge in [-0.15, -0.1) is 5.10 Å². The molecular weight excluding hydrogens is 372 g/mol.